The van der Waals surface area contributed by atoms with Gasteiger partial charge in [0, 0.05) is 5.69 Å². The van der Waals surface area contributed by atoms with Crippen LogP contribution in [0.25, 0.3) is 0 Å². The fourth-order valence-corrected chi connectivity index (χ4v) is 1.79. The van der Waals surface area contributed by atoms with E-state index < -0.39 is 5.97 Å². The molecule has 6 heteroatoms. The van der Waals surface area contributed by atoms with E-state index in [2.05, 4.69) is 4.98 Å². The van der Waals surface area contributed by atoms with Crippen molar-refractivity contribution in [2.45, 2.75) is 6.92 Å². The van der Waals surface area contributed by atoms with Gasteiger partial charge in [0.2, 0.25) is 11.6 Å². The first-order valence-electron chi connectivity index (χ1n) is 6.16. The van der Waals surface area contributed by atoms with Crippen LogP contribution in [0.5, 0.6) is 23.1 Å². The Kier molecular flexibility index (Phi) is 4.27. The fourth-order valence-electron chi connectivity index (χ4n) is 1.79. The molecule has 6 nitrogen and oxygen atoms in total. The first kappa shape index (κ1) is 14.6. The standard InChI is InChI=1S/C15H15NO5/c1-9-7-8-10(15(17)18)14(16-9)21-13-11(19-2)5-4-6-12(13)20-3/h4-8H,1-3H3,(H,17,18). The van der Waals surface area contributed by atoms with Gasteiger partial charge in [0.1, 0.15) is 5.56 Å². The summed E-state index contributed by atoms with van der Waals surface area (Å²) in [6.45, 7) is 1.75. The molecule has 0 atom stereocenters. The minimum Gasteiger partial charge on any atom is -0.493 e. The van der Waals surface area contributed by atoms with E-state index in [9.17, 15) is 9.90 Å². The van der Waals surface area contributed by atoms with Gasteiger partial charge in [-0.05, 0) is 31.2 Å². The largest absolute Gasteiger partial charge is 0.493 e. The summed E-state index contributed by atoms with van der Waals surface area (Å²) >= 11 is 0. The van der Waals surface area contributed by atoms with Crippen LogP contribution in [0.3, 0.4) is 0 Å². The van der Waals surface area contributed by atoms with E-state index in [1.54, 1.807) is 31.2 Å². The minimum atomic E-state index is -1.12. The van der Waals surface area contributed by atoms with E-state index in [0.717, 1.165) is 0 Å². The topological polar surface area (TPSA) is 77.9 Å². The molecule has 1 aromatic carbocycles. The normalized spacial score (nSPS) is 10.0. The zero-order valence-corrected chi connectivity index (χ0v) is 11.9. The van der Waals surface area contributed by atoms with Gasteiger partial charge in [0.25, 0.3) is 0 Å². The molecular weight excluding hydrogens is 274 g/mol. The second kappa shape index (κ2) is 6.13. The maximum atomic E-state index is 11.2. The maximum absolute atomic E-state index is 11.2. The molecule has 0 amide bonds. The van der Waals surface area contributed by atoms with Gasteiger partial charge in [0.05, 0.1) is 14.2 Å². The highest BCUT2D eigenvalue weighted by molar-refractivity contribution is 5.90. The van der Waals surface area contributed by atoms with E-state index in [4.69, 9.17) is 14.2 Å². The maximum Gasteiger partial charge on any atom is 0.341 e. The summed E-state index contributed by atoms with van der Waals surface area (Å²) in [4.78, 5) is 15.4. The molecule has 0 unspecified atom stereocenters. The lowest BCUT2D eigenvalue weighted by Crippen LogP contribution is -2.04. The molecule has 1 heterocycles. The highest BCUT2D eigenvalue weighted by atomic mass is 16.5. The quantitative estimate of drug-likeness (QED) is 0.911. The lowest BCUT2D eigenvalue weighted by Gasteiger charge is -2.14. The number of ether oxygens (including phenoxy) is 3. The van der Waals surface area contributed by atoms with Crippen molar-refractivity contribution in [2.24, 2.45) is 0 Å². The van der Waals surface area contributed by atoms with Crippen LogP contribution in [0.1, 0.15) is 16.1 Å². The van der Waals surface area contributed by atoms with Crippen molar-refractivity contribution in [3.63, 3.8) is 0 Å². The van der Waals surface area contributed by atoms with Gasteiger partial charge in [0.15, 0.2) is 11.5 Å². The smallest absolute Gasteiger partial charge is 0.341 e. The zero-order chi connectivity index (χ0) is 15.4. The number of hydrogen-bond acceptors (Lipinski definition) is 5. The first-order valence-corrected chi connectivity index (χ1v) is 6.16. The van der Waals surface area contributed by atoms with Gasteiger partial charge in [-0.1, -0.05) is 6.07 Å². The number of rotatable bonds is 5. The molecule has 0 aliphatic carbocycles. The molecule has 0 saturated heterocycles. The van der Waals surface area contributed by atoms with Crippen LogP contribution < -0.4 is 14.2 Å². The van der Waals surface area contributed by atoms with Gasteiger partial charge in [-0.3, -0.25) is 0 Å². The van der Waals surface area contributed by atoms with Crippen molar-refractivity contribution < 1.29 is 24.1 Å². The SMILES string of the molecule is COc1cccc(OC)c1Oc1nc(C)ccc1C(=O)O. The Morgan fingerprint density at radius 2 is 1.71 bits per heavy atom. The number of para-hydroxylation sites is 1. The van der Waals surface area contributed by atoms with E-state index in [0.29, 0.717) is 17.2 Å². The molecule has 0 aliphatic heterocycles. The number of nitrogens with zero attached hydrogens (tertiary/aromatic N) is 1. The van der Waals surface area contributed by atoms with Gasteiger partial charge >= 0.3 is 5.97 Å². The number of carbonyl (C=O) groups is 1. The van der Waals surface area contributed by atoms with Crippen LogP contribution >= 0.6 is 0 Å². The van der Waals surface area contributed by atoms with Crippen molar-refractivity contribution in [1.82, 2.24) is 4.98 Å². The number of aromatic carboxylic acids is 1. The first-order chi connectivity index (χ1) is 10.1. The third kappa shape index (κ3) is 3.05. The van der Waals surface area contributed by atoms with E-state index in [-0.39, 0.29) is 17.2 Å². The summed E-state index contributed by atoms with van der Waals surface area (Å²) in [6.07, 6.45) is 0. The van der Waals surface area contributed by atoms with Gasteiger partial charge < -0.3 is 19.3 Å². The van der Waals surface area contributed by atoms with Crippen LogP contribution in [-0.2, 0) is 0 Å². The number of carboxylic acid groups (broad SMARTS) is 1. The van der Waals surface area contributed by atoms with Crippen molar-refractivity contribution in [3.05, 3.63) is 41.6 Å². The second-order valence-corrected chi connectivity index (χ2v) is 4.20. The monoisotopic (exact) mass is 289 g/mol. The van der Waals surface area contributed by atoms with Gasteiger partial charge in [-0.2, -0.15) is 0 Å². The molecule has 0 aliphatic rings. The number of aromatic nitrogens is 1. The van der Waals surface area contributed by atoms with Crippen LogP contribution in [0, 0.1) is 6.92 Å². The van der Waals surface area contributed by atoms with E-state index >= 15 is 0 Å². The molecule has 110 valence electrons. The Labute approximate surface area is 121 Å². The summed E-state index contributed by atoms with van der Waals surface area (Å²) < 4.78 is 16.1. The number of carboxylic acids is 1. The summed E-state index contributed by atoms with van der Waals surface area (Å²) in [6, 6.07) is 8.17. The fraction of sp³-hybridized carbons (Fsp3) is 0.200. The van der Waals surface area contributed by atoms with E-state index in [1.165, 1.54) is 20.3 Å². The van der Waals surface area contributed by atoms with Crippen molar-refractivity contribution >= 4 is 5.97 Å². The average Bonchev–Trinajstić information content (AvgIpc) is 2.47. The molecule has 0 radical (unpaired) electrons. The number of hydrogen-bond donors (Lipinski definition) is 1. The Balaban J connectivity index is 2.52. The zero-order valence-electron chi connectivity index (χ0n) is 11.9. The van der Waals surface area contributed by atoms with Crippen molar-refractivity contribution in [2.75, 3.05) is 14.2 Å². The summed E-state index contributed by atoms with van der Waals surface area (Å²) in [5.74, 6) is 0.00255. The molecule has 0 fully saturated rings. The molecule has 1 aromatic heterocycles. The lowest BCUT2D eigenvalue weighted by molar-refractivity contribution is 0.0693. The molecule has 0 saturated carbocycles. The van der Waals surface area contributed by atoms with Crippen LogP contribution in [-0.4, -0.2) is 30.3 Å². The van der Waals surface area contributed by atoms with Gasteiger partial charge in [-0.15, -0.1) is 0 Å². The summed E-state index contributed by atoms with van der Waals surface area (Å²) in [5.41, 5.74) is 0.609. The van der Waals surface area contributed by atoms with Crippen LogP contribution in [0.4, 0.5) is 0 Å². The summed E-state index contributed by atoms with van der Waals surface area (Å²) in [5, 5.41) is 9.21. The highest BCUT2D eigenvalue weighted by Crippen LogP contribution is 2.40. The Hall–Kier alpha value is -2.76. The predicted octanol–water partition coefficient (Wildman–Crippen LogP) is 2.90. The lowest BCUT2D eigenvalue weighted by atomic mass is 10.2. The van der Waals surface area contributed by atoms with Crippen LogP contribution in [0.2, 0.25) is 0 Å². The van der Waals surface area contributed by atoms with E-state index in [1.807, 2.05) is 0 Å². The molecule has 0 bridgehead atoms. The second-order valence-electron chi connectivity index (χ2n) is 4.20. The molecule has 0 spiro atoms. The highest BCUT2D eigenvalue weighted by Gasteiger charge is 2.18. The minimum absolute atomic E-state index is 0.00898. The third-order valence-electron chi connectivity index (χ3n) is 2.81. The molecule has 2 rings (SSSR count). The Morgan fingerprint density at radius 3 is 2.24 bits per heavy atom. The van der Waals surface area contributed by atoms with Crippen molar-refractivity contribution in [1.29, 1.82) is 0 Å². The van der Waals surface area contributed by atoms with Crippen molar-refractivity contribution in [3.8, 4) is 23.1 Å². The van der Waals surface area contributed by atoms with Gasteiger partial charge in [-0.25, -0.2) is 9.78 Å². The predicted molar refractivity (Wildman–Crippen MR) is 75.6 cm³/mol. The average molecular weight is 289 g/mol. The number of methoxy groups -OCH3 is 2. The van der Waals surface area contributed by atoms with Crippen LogP contribution in [0.15, 0.2) is 30.3 Å². The molecule has 2 aromatic rings. The number of pyridine rings is 1. The molecular formula is C15H15NO5. The molecule has 1 N–H and O–H groups in total. The Bertz CT molecular complexity index is 647. The number of aryl methyl sites for hydroxylation is 1. The molecule has 21 heavy (non-hydrogen) atoms. The number of benzene rings is 1. The summed E-state index contributed by atoms with van der Waals surface area (Å²) in [7, 11) is 2.98. The Morgan fingerprint density at radius 1 is 1.10 bits per heavy atom. The third-order valence-corrected chi connectivity index (χ3v) is 2.81.